The molecule has 0 aromatic heterocycles. The number of rotatable bonds is 6. The van der Waals surface area contributed by atoms with Crippen molar-refractivity contribution in [3.8, 4) is 11.5 Å². The van der Waals surface area contributed by atoms with E-state index in [1.165, 1.54) is 11.1 Å². The molecule has 13 heteroatoms. The molecule has 0 heterocycles. The number of phenols is 2. The molecule has 0 amide bonds. The van der Waals surface area contributed by atoms with Gasteiger partial charge in [0.05, 0.1) is 31.8 Å². The Balaban J connectivity index is 0. The molecule has 54 heavy (non-hydrogen) atoms. The molecule has 2 rings (SSSR count). The Labute approximate surface area is 329 Å². The van der Waals surface area contributed by atoms with Crippen molar-refractivity contribution in [1.29, 1.82) is 0 Å². The van der Waals surface area contributed by atoms with Crippen molar-refractivity contribution >= 4 is 17.2 Å². The van der Waals surface area contributed by atoms with Gasteiger partial charge in [0.25, 0.3) is 0 Å². The molecule has 0 spiro atoms. The zero-order valence-electron chi connectivity index (χ0n) is 36.4. The summed E-state index contributed by atoms with van der Waals surface area (Å²) in [6.07, 6.45) is 0. The van der Waals surface area contributed by atoms with E-state index in [9.17, 15) is 10.2 Å². The molecule has 316 valence electrons. The van der Waals surface area contributed by atoms with E-state index in [0.29, 0.717) is 11.5 Å². The molecule has 0 saturated heterocycles. The van der Waals surface area contributed by atoms with Gasteiger partial charge in [0, 0.05) is 0 Å². The zero-order valence-corrected chi connectivity index (χ0v) is 38.2. The van der Waals surface area contributed by atoms with Gasteiger partial charge in [0.15, 0.2) is 0 Å². The van der Waals surface area contributed by atoms with Crippen molar-refractivity contribution < 1.29 is 54.5 Å². The van der Waals surface area contributed by atoms with E-state index < -0.39 is 49.0 Å². The van der Waals surface area contributed by atoms with Crippen molar-refractivity contribution in [3.63, 3.8) is 0 Å². The summed E-state index contributed by atoms with van der Waals surface area (Å²) >= 11 is 0. The molecule has 0 aliphatic heterocycles. The molecule has 0 unspecified atom stereocenters. The maximum Gasteiger partial charge on any atom is 0.334 e. The summed E-state index contributed by atoms with van der Waals surface area (Å²) in [5, 5.41) is 55.3. The van der Waals surface area contributed by atoms with Crippen molar-refractivity contribution in [2.75, 3.05) is 26.4 Å². The summed E-state index contributed by atoms with van der Waals surface area (Å²) in [6.45, 7) is 37.5. The van der Waals surface area contributed by atoms with Crippen LogP contribution in [0.4, 0.5) is 0 Å². The maximum atomic E-state index is 10.7. The molecular formula is C41H76O11P2. The van der Waals surface area contributed by atoms with Gasteiger partial charge in [-0.05, 0) is 65.9 Å². The third kappa shape index (κ3) is 18.2. The summed E-state index contributed by atoms with van der Waals surface area (Å²) in [6, 6.07) is 8.68. The van der Waals surface area contributed by atoms with Crippen LogP contribution >= 0.6 is 17.2 Å². The summed E-state index contributed by atoms with van der Waals surface area (Å²) < 4.78 is 3.60. The van der Waals surface area contributed by atoms with Crippen LogP contribution in [0.1, 0.15) is 158 Å². The minimum Gasteiger partial charge on any atom is -0.507 e. The number of hydrogen-bond acceptors (Lipinski definition) is 11. The lowest BCUT2D eigenvalue weighted by Crippen LogP contribution is -2.37. The van der Waals surface area contributed by atoms with Gasteiger partial charge in [-0.25, -0.2) is 4.31 Å². The normalized spacial score (nSPS) is 13.1. The van der Waals surface area contributed by atoms with Gasteiger partial charge in [-0.2, -0.15) is 0 Å². The fourth-order valence-corrected chi connectivity index (χ4v) is 5.31. The predicted octanol–water partition coefficient (Wildman–Crippen LogP) is 7.94. The Hall–Kier alpha value is -1.46. The first kappa shape index (κ1) is 54.6. The van der Waals surface area contributed by atoms with E-state index in [2.05, 4.69) is 153 Å². The molecule has 0 atom stereocenters. The van der Waals surface area contributed by atoms with E-state index >= 15 is 0 Å². The van der Waals surface area contributed by atoms with Gasteiger partial charge in [-0.15, -0.1) is 0 Å². The quantitative estimate of drug-likeness (QED) is 0.127. The molecule has 0 saturated carbocycles. The van der Waals surface area contributed by atoms with Gasteiger partial charge in [0.1, 0.15) is 11.5 Å². The largest absolute Gasteiger partial charge is 0.507 e. The first-order valence-corrected chi connectivity index (χ1v) is 20.4. The smallest absolute Gasteiger partial charge is 0.334 e. The maximum absolute atomic E-state index is 10.7. The topological polar surface area (TPSA) is 212 Å². The number of benzene rings is 2. The lowest BCUT2D eigenvalue weighted by atomic mass is 9.75. The second kappa shape index (κ2) is 20.8. The predicted molar refractivity (Wildman–Crippen MR) is 223 cm³/mol. The van der Waals surface area contributed by atoms with Crippen LogP contribution in [-0.2, 0) is 36.8 Å². The first-order chi connectivity index (χ1) is 23.9. The van der Waals surface area contributed by atoms with Crippen molar-refractivity contribution in [2.24, 2.45) is 5.41 Å². The van der Waals surface area contributed by atoms with Gasteiger partial charge >= 0.3 is 17.2 Å². The highest BCUT2D eigenvalue weighted by Crippen LogP contribution is 2.44. The summed E-state index contributed by atoms with van der Waals surface area (Å²) in [7, 11) is -5.22. The van der Waals surface area contributed by atoms with Crippen LogP contribution in [0.5, 0.6) is 11.5 Å². The molecule has 2 aromatic rings. The Morgan fingerprint density at radius 1 is 0.389 bits per heavy atom. The van der Waals surface area contributed by atoms with Crippen LogP contribution in [0.3, 0.4) is 0 Å². The van der Waals surface area contributed by atoms with E-state index in [1.54, 1.807) is 0 Å². The second-order valence-corrected chi connectivity index (χ2v) is 21.7. The highest BCUT2D eigenvalue weighted by molar-refractivity contribution is 7.53. The molecule has 0 aliphatic carbocycles. The van der Waals surface area contributed by atoms with E-state index in [1.807, 2.05) is 0 Å². The Morgan fingerprint density at radius 2 is 0.574 bits per heavy atom. The monoisotopic (exact) mass is 806 g/mol. The van der Waals surface area contributed by atoms with Crippen LogP contribution in [-0.4, -0.2) is 76.6 Å². The van der Waals surface area contributed by atoms with Crippen LogP contribution in [0, 0.1) is 5.41 Å². The van der Waals surface area contributed by atoms with Crippen molar-refractivity contribution in [3.05, 3.63) is 57.6 Å². The molecule has 2 aromatic carbocycles. The lowest BCUT2D eigenvalue weighted by Gasteiger charge is -2.31. The third-order valence-corrected chi connectivity index (χ3v) is 9.84. The van der Waals surface area contributed by atoms with Crippen molar-refractivity contribution in [2.45, 2.75) is 157 Å². The van der Waals surface area contributed by atoms with Gasteiger partial charge in [0.2, 0.25) is 0 Å². The van der Waals surface area contributed by atoms with Gasteiger partial charge < -0.3 is 50.2 Å². The standard InChI is InChI=1S/2C18H30O.C5H12O4.H4O5P2/c2*1-16(2,3)12-10-13(17(4,5)6)15(19)14(11-12)18(7,8)9;6-1-5(2-7,3-8)4-9;1-6(2)5-7(3)4/h2*10-11,19H,1-9H3;6-9H,1-4H2;1-4H. The Morgan fingerprint density at radius 3 is 0.648 bits per heavy atom. The van der Waals surface area contributed by atoms with E-state index in [0.717, 1.165) is 22.3 Å². The average Bonchev–Trinajstić information content (AvgIpc) is 2.95. The molecule has 0 bridgehead atoms. The SMILES string of the molecule is CC(C)(C)c1cc(C(C)(C)C)c(O)c(C(C)(C)C)c1.CC(C)(C)c1cc(C(C)(C)C)c(O)c(C(C)(C)C)c1.OCC(CO)(CO)CO.OP(O)OP(O)O. The fraction of sp³-hybridized carbons (Fsp3) is 0.707. The Kier molecular flexibility index (Phi) is 21.1. The molecule has 11 nitrogen and oxygen atoms in total. The first-order valence-electron chi connectivity index (χ1n) is 18.1. The number of hydrogen-bond donors (Lipinski definition) is 10. The molecule has 0 radical (unpaired) electrons. The van der Waals surface area contributed by atoms with E-state index in [4.69, 9.17) is 40.0 Å². The fourth-order valence-electron chi connectivity index (χ4n) is 4.79. The summed E-state index contributed by atoms with van der Waals surface area (Å²) in [4.78, 5) is 31.3. The van der Waals surface area contributed by atoms with Crippen LogP contribution in [0.2, 0.25) is 0 Å². The third-order valence-electron chi connectivity index (χ3n) is 8.67. The summed E-state index contributed by atoms with van der Waals surface area (Å²) in [5.74, 6) is 0.931. The molecule has 0 fully saturated rings. The van der Waals surface area contributed by atoms with Gasteiger partial charge in [-0.3, -0.25) is 0 Å². The molecule has 10 N–H and O–H groups in total. The summed E-state index contributed by atoms with van der Waals surface area (Å²) in [5.41, 5.74) is 5.64. The number of aromatic hydroxyl groups is 2. The van der Waals surface area contributed by atoms with Crippen LogP contribution < -0.4 is 0 Å². The van der Waals surface area contributed by atoms with Crippen LogP contribution in [0.25, 0.3) is 0 Å². The minimum atomic E-state index is -2.61. The minimum absolute atomic E-state index is 0.0503. The lowest BCUT2D eigenvalue weighted by molar-refractivity contribution is -0.0328. The number of aliphatic hydroxyl groups excluding tert-OH is 4. The number of phenolic OH excluding ortho intramolecular Hbond substituents is 2. The highest BCUT2D eigenvalue weighted by Gasteiger charge is 2.30. The molecule has 0 aliphatic rings. The zero-order chi connectivity index (χ0) is 43.6. The number of aliphatic hydroxyl groups is 4. The average molecular weight is 807 g/mol. The van der Waals surface area contributed by atoms with Crippen molar-refractivity contribution in [1.82, 2.24) is 0 Å². The van der Waals surface area contributed by atoms with E-state index in [-0.39, 0.29) is 32.5 Å². The second-order valence-electron chi connectivity index (χ2n) is 20.1. The van der Waals surface area contributed by atoms with Crippen LogP contribution in [0.15, 0.2) is 24.3 Å². The highest BCUT2D eigenvalue weighted by atomic mass is 31.2. The molecular weight excluding hydrogens is 730 g/mol. The Bertz CT molecular complexity index is 1230. The van der Waals surface area contributed by atoms with Gasteiger partial charge in [-0.1, -0.05) is 149 Å².